The Morgan fingerprint density at radius 3 is 2.59 bits per heavy atom. The van der Waals surface area contributed by atoms with Gasteiger partial charge in [-0.15, -0.1) is 10.2 Å². The van der Waals surface area contributed by atoms with Crippen molar-refractivity contribution in [3.05, 3.63) is 62.7 Å². The number of hydrogen-bond donors (Lipinski definition) is 1. The van der Waals surface area contributed by atoms with E-state index in [9.17, 15) is 13.2 Å². The van der Waals surface area contributed by atoms with E-state index >= 15 is 0 Å². The Labute approximate surface area is 183 Å². The van der Waals surface area contributed by atoms with Crippen LogP contribution in [0.15, 0.2) is 56.5 Å². The van der Waals surface area contributed by atoms with Crippen molar-refractivity contribution >= 4 is 71.4 Å². The number of thiazole rings is 1. The Morgan fingerprint density at radius 1 is 1.14 bits per heavy atom. The molecule has 0 unspecified atom stereocenters. The van der Waals surface area contributed by atoms with Gasteiger partial charge in [-0.05, 0) is 42.2 Å². The normalized spacial score (nSPS) is 11.8. The maximum absolute atomic E-state index is 12.7. The fourth-order valence-corrected chi connectivity index (χ4v) is 6.20. The monoisotopic (exact) mass is 484 g/mol. The van der Waals surface area contributed by atoms with E-state index in [1.54, 1.807) is 22.8 Å². The highest BCUT2D eigenvalue weighted by atomic mass is 35.5. The van der Waals surface area contributed by atoms with Crippen LogP contribution in [0.1, 0.15) is 5.56 Å². The molecule has 0 aliphatic carbocycles. The van der Waals surface area contributed by atoms with Crippen molar-refractivity contribution in [3.63, 3.8) is 0 Å². The first kappa shape index (κ1) is 20.4. The first-order valence-corrected chi connectivity index (χ1v) is 12.9. The van der Waals surface area contributed by atoms with E-state index in [-0.39, 0.29) is 14.9 Å². The Bertz CT molecular complexity index is 1340. The van der Waals surface area contributed by atoms with Crippen LogP contribution in [0, 0.1) is 0 Å². The molecule has 2 aromatic heterocycles. The van der Waals surface area contributed by atoms with E-state index in [1.165, 1.54) is 23.9 Å². The van der Waals surface area contributed by atoms with Crippen LogP contribution in [-0.2, 0) is 16.6 Å². The van der Waals surface area contributed by atoms with Crippen LogP contribution in [0.3, 0.4) is 0 Å². The van der Waals surface area contributed by atoms with E-state index in [4.69, 9.17) is 11.6 Å². The summed E-state index contributed by atoms with van der Waals surface area (Å²) >= 11 is 9.46. The molecule has 0 aliphatic heterocycles. The number of sulfonamides is 1. The molecule has 2 heterocycles. The van der Waals surface area contributed by atoms with Gasteiger partial charge >= 0.3 is 4.87 Å². The molecule has 1 N–H and O–H groups in total. The van der Waals surface area contributed by atoms with Crippen molar-refractivity contribution in [1.29, 1.82) is 0 Å². The third-order valence-electron chi connectivity index (χ3n) is 4.01. The van der Waals surface area contributed by atoms with Gasteiger partial charge in [0.2, 0.25) is 5.13 Å². The van der Waals surface area contributed by atoms with Crippen LogP contribution in [0.4, 0.5) is 5.13 Å². The van der Waals surface area contributed by atoms with E-state index in [0.717, 1.165) is 28.2 Å². The van der Waals surface area contributed by atoms with Crippen LogP contribution in [0.25, 0.3) is 10.2 Å². The van der Waals surface area contributed by atoms with Crippen LogP contribution in [-0.4, -0.2) is 29.4 Å². The molecule has 12 heteroatoms. The molecule has 0 amide bonds. The highest BCUT2D eigenvalue weighted by Gasteiger charge is 2.19. The predicted octanol–water partition coefficient (Wildman–Crippen LogP) is 4.14. The van der Waals surface area contributed by atoms with E-state index in [1.807, 2.05) is 18.4 Å². The van der Waals surface area contributed by atoms with E-state index in [2.05, 4.69) is 14.9 Å². The Kier molecular flexibility index (Phi) is 5.67. The molecule has 0 saturated heterocycles. The largest absolute Gasteiger partial charge is 0.308 e. The van der Waals surface area contributed by atoms with Crippen molar-refractivity contribution in [2.75, 3.05) is 11.0 Å². The molecule has 4 rings (SSSR count). The number of fused-ring (bicyclic) bond motifs is 1. The maximum Gasteiger partial charge on any atom is 0.308 e. The number of rotatable bonds is 6. The SMILES string of the molecule is CSc1nnc(NS(=O)(=O)c2ccc3c(c2)sc(=O)n3Cc2ccc(Cl)cc2)s1. The van der Waals surface area contributed by atoms with Gasteiger partial charge in [-0.2, -0.15) is 0 Å². The summed E-state index contributed by atoms with van der Waals surface area (Å²) < 4.78 is 30.7. The predicted molar refractivity (Wildman–Crippen MR) is 119 cm³/mol. The minimum Gasteiger partial charge on any atom is -0.294 e. The summed E-state index contributed by atoms with van der Waals surface area (Å²) in [6.07, 6.45) is 1.84. The molecule has 0 spiro atoms. The average Bonchev–Trinajstić information content (AvgIpc) is 3.26. The molecular formula is C17H13ClN4O3S4. The molecule has 0 fully saturated rings. The van der Waals surface area contributed by atoms with Crippen molar-refractivity contribution < 1.29 is 8.42 Å². The van der Waals surface area contributed by atoms with Crippen LogP contribution < -0.4 is 9.60 Å². The number of nitrogens with zero attached hydrogens (tertiary/aromatic N) is 3. The second-order valence-electron chi connectivity index (χ2n) is 5.89. The lowest BCUT2D eigenvalue weighted by Crippen LogP contribution is -2.14. The number of halogens is 1. The van der Waals surface area contributed by atoms with Crippen LogP contribution >= 0.6 is 46.0 Å². The molecule has 0 saturated carbocycles. The van der Waals surface area contributed by atoms with Gasteiger partial charge in [0.15, 0.2) is 4.34 Å². The lowest BCUT2D eigenvalue weighted by atomic mass is 10.2. The number of hydrogen-bond acceptors (Lipinski definition) is 8. The fraction of sp³-hybridized carbons (Fsp3) is 0.118. The second-order valence-corrected chi connectivity index (χ2v) is 11.0. The number of nitrogens with one attached hydrogen (secondary N) is 1. The van der Waals surface area contributed by atoms with Gasteiger partial charge in [0.25, 0.3) is 10.0 Å². The molecule has 150 valence electrons. The number of benzene rings is 2. The molecule has 0 atom stereocenters. The molecule has 2 aromatic carbocycles. The Hall–Kier alpha value is -1.92. The third-order valence-corrected chi connectivity index (χ3v) is 8.48. The quantitative estimate of drug-likeness (QED) is 0.413. The molecule has 0 aliphatic rings. The number of thioether (sulfide) groups is 1. The highest BCUT2D eigenvalue weighted by molar-refractivity contribution is 8.00. The van der Waals surface area contributed by atoms with Gasteiger partial charge in [0, 0.05) is 5.02 Å². The summed E-state index contributed by atoms with van der Waals surface area (Å²) in [6.45, 7) is 0.378. The standard InChI is InChI=1S/C17H13ClN4O3S4/c1-26-16-20-19-15(28-16)21-29(24,25)12-6-7-13-14(8-12)27-17(23)22(13)9-10-2-4-11(18)5-3-10/h2-8H,9H2,1H3,(H,19,21). The van der Waals surface area contributed by atoms with Crippen LogP contribution in [0.2, 0.25) is 5.02 Å². The first-order chi connectivity index (χ1) is 13.9. The second kappa shape index (κ2) is 8.07. The summed E-state index contributed by atoms with van der Waals surface area (Å²) in [5.41, 5.74) is 1.60. The molecular weight excluding hydrogens is 472 g/mol. The maximum atomic E-state index is 12.7. The summed E-state index contributed by atoms with van der Waals surface area (Å²) in [5.74, 6) is 0. The molecule has 4 aromatic rings. The van der Waals surface area contributed by atoms with Gasteiger partial charge < -0.3 is 0 Å². The minimum absolute atomic E-state index is 0.0609. The van der Waals surface area contributed by atoms with E-state index < -0.39 is 10.0 Å². The zero-order valence-electron chi connectivity index (χ0n) is 14.8. The lowest BCUT2D eigenvalue weighted by molar-refractivity contribution is 0.601. The van der Waals surface area contributed by atoms with Gasteiger partial charge in [0.1, 0.15) is 0 Å². The topological polar surface area (TPSA) is 94.0 Å². The van der Waals surface area contributed by atoms with Crippen molar-refractivity contribution in [1.82, 2.24) is 14.8 Å². The van der Waals surface area contributed by atoms with Crippen LogP contribution in [0.5, 0.6) is 0 Å². The minimum atomic E-state index is -3.84. The Morgan fingerprint density at radius 2 is 1.90 bits per heavy atom. The van der Waals surface area contributed by atoms with E-state index in [0.29, 0.717) is 26.1 Å². The van der Waals surface area contributed by atoms with Crippen molar-refractivity contribution in [3.8, 4) is 0 Å². The van der Waals surface area contributed by atoms with Crippen molar-refractivity contribution in [2.45, 2.75) is 15.8 Å². The lowest BCUT2D eigenvalue weighted by Gasteiger charge is -2.07. The molecule has 7 nitrogen and oxygen atoms in total. The first-order valence-electron chi connectivity index (χ1n) is 8.14. The summed E-state index contributed by atoms with van der Waals surface area (Å²) in [4.78, 5) is 12.4. The zero-order chi connectivity index (χ0) is 20.6. The summed E-state index contributed by atoms with van der Waals surface area (Å²) in [5, 5.41) is 8.53. The molecule has 0 bridgehead atoms. The van der Waals surface area contributed by atoms with Crippen molar-refractivity contribution in [2.24, 2.45) is 0 Å². The van der Waals surface area contributed by atoms with Gasteiger partial charge in [-0.25, -0.2) is 8.42 Å². The highest BCUT2D eigenvalue weighted by Crippen LogP contribution is 2.27. The van der Waals surface area contributed by atoms with Gasteiger partial charge in [-0.1, -0.05) is 58.2 Å². The number of aromatic nitrogens is 3. The van der Waals surface area contributed by atoms with Gasteiger partial charge in [-0.3, -0.25) is 14.1 Å². The Balaban J connectivity index is 1.66. The summed E-state index contributed by atoms with van der Waals surface area (Å²) in [7, 11) is -3.84. The average molecular weight is 485 g/mol. The number of anilines is 1. The molecule has 0 radical (unpaired) electrons. The smallest absolute Gasteiger partial charge is 0.294 e. The molecule has 29 heavy (non-hydrogen) atoms. The fourth-order valence-electron chi connectivity index (χ4n) is 2.64. The zero-order valence-corrected chi connectivity index (χ0v) is 18.8. The van der Waals surface area contributed by atoms with Gasteiger partial charge in [0.05, 0.1) is 21.7 Å². The summed E-state index contributed by atoms with van der Waals surface area (Å²) in [6, 6.07) is 11.9. The third kappa shape index (κ3) is 4.33.